The summed E-state index contributed by atoms with van der Waals surface area (Å²) in [6.07, 6.45) is 4.48. The van der Waals surface area contributed by atoms with Gasteiger partial charge < -0.3 is 10.3 Å². The van der Waals surface area contributed by atoms with Gasteiger partial charge in [-0.1, -0.05) is 19.1 Å². The molecule has 0 spiro atoms. The molecule has 2 aromatic heterocycles. The van der Waals surface area contributed by atoms with Gasteiger partial charge in [-0.15, -0.1) is 0 Å². The van der Waals surface area contributed by atoms with Gasteiger partial charge in [-0.05, 0) is 48.9 Å². The van der Waals surface area contributed by atoms with Gasteiger partial charge in [-0.2, -0.15) is 13.2 Å². The first kappa shape index (κ1) is 24.1. The molecule has 3 rings (SSSR count). The molecule has 0 aliphatic carbocycles. The average Bonchev–Trinajstić information content (AvgIpc) is 2.72. The van der Waals surface area contributed by atoms with Crippen molar-refractivity contribution in [3.8, 4) is 11.6 Å². The molecule has 164 valence electrons. The Labute approximate surface area is 180 Å². The third-order valence-corrected chi connectivity index (χ3v) is 4.58. The molecule has 0 saturated heterocycles. The van der Waals surface area contributed by atoms with E-state index in [9.17, 15) is 22.8 Å². The Hall–Kier alpha value is -3.21. The fourth-order valence-electron chi connectivity index (χ4n) is 2.54. The maximum absolute atomic E-state index is 12.1. The van der Waals surface area contributed by atoms with E-state index in [4.69, 9.17) is 0 Å². The van der Waals surface area contributed by atoms with Crippen LogP contribution < -0.4 is 10.9 Å². The molecule has 0 fully saturated rings. The van der Waals surface area contributed by atoms with Gasteiger partial charge in [-0.3, -0.25) is 9.59 Å². The normalized spacial score (nSPS) is 11.8. The van der Waals surface area contributed by atoms with Gasteiger partial charge >= 0.3 is 5.51 Å². The van der Waals surface area contributed by atoms with Crippen molar-refractivity contribution < 1.29 is 18.0 Å². The van der Waals surface area contributed by atoms with Crippen LogP contribution in [0.5, 0.6) is 0 Å². The first-order valence-corrected chi connectivity index (χ1v) is 9.94. The van der Waals surface area contributed by atoms with Gasteiger partial charge in [0, 0.05) is 29.0 Å². The van der Waals surface area contributed by atoms with Crippen LogP contribution in [0.2, 0.25) is 0 Å². The molecule has 0 radical (unpaired) electrons. The number of hydrogen-bond donors (Lipinski definition) is 2. The van der Waals surface area contributed by atoms with Crippen LogP contribution in [0.3, 0.4) is 0 Å². The molecule has 1 aromatic carbocycles. The van der Waals surface area contributed by atoms with Crippen LogP contribution in [0.4, 0.5) is 13.2 Å². The van der Waals surface area contributed by atoms with Crippen molar-refractivity contribution in [1.82, 2.24) is 25.3 Å². The number of H-pyrrole nitrogens is 1. The molecule has 31 heavy (non-hydrogen) atoms. The highest BCUT2D eigenvalue weighted by molar-refractivity contribution is 8.00. The highest BCUT2D eigenvalue weighted by Crippen LogP contribution is 2.37. The van der Waals surface area contributed by atoms with Crippen molar-refractivity contribution in [3.05, 3.63) is 70.4 Å². The second-order valence-electron chi connectivity index (χ2n) is 6.17. The molecule has 3 aromatic rings. The number of thioether (sulfide) groups is 1. The van der Waals surface area contributed by atoms with Crippen molar-refractivity contribution in [2.45, 2.75) is 36.7 Å². The summed E-state index contributed by atoms with van der Waals surface area (Å²) in [5.74, 6) is 0.823. The van der Waals surface area contributed by atoms with E-state index in [-0.39, 0.29) is 28.3 Å². The smallest absolute Gasteiger partial charge is 0.352 e. The van der Waals surface area contributed by atoms with Crippen LogP contribution in [-0.4, -0.2) is 31.9 Å². The highest BCUT2D eigenvalue weighted by Gasteiger charge is 2.29. The Bertz CT molecular complexity index is 1030. The van der Waals surface area contributed by atoms with E-state index in [0.717, 1.165) is 5.56 Å². The van der Waals surface area contributed by atoms with Crippen molar-refractivity contribution in [3.63, 3.8) is 0 Å². The Kier molecular flexibility index (Phi) is 8.74. The SMILES string of the molecule is CCC(NC=O)c1ccc(SC(F)(F)F)cc1.Cc1cc(=O)[nH]c(-c2ncccn2)n1. The number of rotatable bonds is 6. The number of benzene rings is 1. The standard InChI is InChI=1S/C11H12F3NOS.C9H8N4O/c1-2-10(15-7-16)8-3-5-9(6-4-8)17-11(12,13)14;1-6-5-7(14)13-9(12-6)8-10-3-2-4-11-8/h3-7,10H,2H2,1H3,(H,15,16);2-5H,1H3,(H,12,13,14). The zero-order valence-electron chi connectivity index (χ0n) is 16.7. The third-order valence-electron chi connectivity index (χ3n) is 3.84. The van der Waals surface area contributed by atoms with Crippen LogP contribution in [0.15, 0.2) is 58.5 Å². The van der Waals surface area contributed by atoms with Crippen molar-refractivity contribution >= 4 is 18.2 Å². The number of alkyl halides is 3. The Morgan fingerprint density at radius 1 is 1.19 bits per heavy atom. The van der Waals surface area contributed by atoms with Gasteiger partial charge in [0.2, 0.25) is 6.41 Å². The van der Waals surface area contributed by atoms with Crippen LogP contribution in [0.25, 0.3) is 11.6 Å². The van der Waals surface area contributed by atoms with Gasteiger partial charge in [0.1, 0.15) is 0 Å². The zero-order valence-corrected chi connectivity index (χ0v) is 17.5. The first-order chi connectivity index (χ1) is 14.7. The number of aryl methyl sites for hydroxylation is 1. The molecule has 0 aliphatic heterocycles. The number of amides is 1. The average molecular weight is 451 g/mol. The predicted octanol–water partition coefficient (Wildman–Crippen LogP) is 4.03. The maximum Gasteiger partial charge on any atom is 0.446 e. The van der Waals surface area contributed by atoms with Crippen LogP contribution >= 0.6 is 11.8 Å². The number of nitrogens with zero attached hydrogens (tertiary/aromatic N) is 3. The highest BCUT2D eigenvalue weighted by atomic mass is 32.2. The fraction of sp³-hybridized carbons (Fsp3) is 0.250. The van der Waals surface area contributed by atoms with Gasteiger partial charge in [0.25, 0.3) is 5.56 Å². The van der Waals surface area contributed by atoms with Gasteiger partial charge in [-0.25, -0.2) is 15.0 Å². The summed E-state index contributed by atoms with van der Waals surface area (Å²) in [5.41, 5.74) is -3.02. The largest absolute Gasteiger partial charge is 0.446 e. The van der Waals surface area contributed by atoms with E-state index in [0.29, 0.717) is 30.2 Å². The molecule has 0 saturated carbocycles. The molecule has 1 atom stereocenters. The van der Waals surface area contributed by atoms with E-state index in [1.165, 1.54) is 18.2 Å². The summed E-state index contributed by atoms with van der Waals surface area (Å²) in [4.78, 5) is 36.3. The summed E-state index contributed by atoms with van der Waals surface area (Å²) in [5, 5.41) is 2.61. The maximum atomic E-state index is 12.1. The molecule has 7 nitrogen and oxygen atoms in total. The topological polar surface area (TPSA) is 101 Å². The number of nitrogens with one attached hydrogen (secondary N) is 2. The second-order valence-corrected chi connectivity index (χ2v) is 7.31. The minimum Gasteiger partial charge on any atom is -0.352 e. The molecule has 2 heterocycles. The minimum atomic E-state index is -4.27. The number of halogens is 3. The molecule has 11 heteroatoms. The minimum absolute atomic E-state index is 0.141. The number of aromatic amines is 1. The lowest BCUT2D eigenvalue weighted by atomic mass is 10.1. The number of hydrogen-bond acceptors (Lipinski definition) is 6. The molecule has 2 N–H and O–H groups in total. The summed E-state index contributed by atoms with van der Waals surface area (Å²) >= 11 is -0.148. The van der Waals surface area contributed by atoms with E-state index in [1.54, 1.807) is 37.5 Å². The van der Waals surface area contributed by atoms with Crippen molar-refractivity contribution in [2.75, 3.05) is 0 Å². The van der Waals surface area contributed by atoms with Crippen LogP contribution in [-0.2, 0) is 4.79 Å². The molecular formula is C20H20F3N5O2S. The molecular weight excluding hydrogens is 431 g/mol. The molecule has 1 unspecified atom stereocenters. The van der Waals surface area contributed by atoms with E-state index >= 15 is 0 Å². The molecule has 0 aliphatic rings. The summed E-state index contributed by atoms with van der Waals surface area (Å²) < 4.78 is 36.3. The van der Waals surface area contributed by atoms with E-state index < -0.39 is 5.51 Å². The lowest BCUT2D eigenvalue weighted by Crippen LogP contribution is -2.18. The summed E-state index contributed by atoms with van der Waals surface area (Å²) in [7, 11) is 0. The summed E-state index contributed by atoms with van der Waals surface area (Å²) in [6.45, 7) is 3.64. The lowest BCUT2D eigenvalue weighted by Gasteiger charge is -2.14. The van der Waals surface area contributed by atoms with Crippen molar-refractivity contribution in [1.29, 1.82) is 0 Å². The van der Waals surface area contributed by atoms with Gasteiger partial charge in [0.15, 0.2) is 11.6 Å². The zero-order chi connectivity index (χ0) is 22.9. The monoisotopic (exact) mass is 451 g/mol. The Morgan fingerprint density at radius 2 is 1.84 bits per heavy atom. The second kappa shape index (κ2) is 11.3. The third kappa shape index (κ3) is 8.21. The molecule has 0 bridgehead atoms. The predicted molar refractivity (Wildman–Crippen MR) is 111 cm³/mol. The number of carbonyl (C=O) groups is 1. The molecule has 1 amide bonds. The Morgan fingerprint density at radius 3 is 2.35 bits per heavy atom. The van der Waals surface area contributed by atoms with Gasteiger partial charge in [0.05, 0.1) is 6.04 Å². The fourth-order valence-corrected chi connectivity index (χ4v) is 3.08. The van der Waals surface area contributed by atoms with Crippen LogP contribution in [0, 0.1) is 6.92 Å². The number of carbonyl (C=O) groups excluding carboxylic acids is 1. The van der Waals surface area contributed by atoms with Crippen molar-refractivity contribution in [2.24, 2.45) is 0 Å². The first-order valence-electron chi connectivity index (χ1n) is 9.12. The lowest BCUT2D eigenvalue weighted by molar-refractivity contribution is -0.110. The van der Waals surface area contributed by atoms with E-state index in [1.807, 2.05) is 6.92 Å². The number of aromatic nitrogens is 4. The van der Waals surface area contributed by atoms with Crippen LogP contribution in [0.1, 0.15) is 30.6 Å². The Balaban J connectivity index is 0.000000224. The quantitative estimate of drug-likeness (QED) is 0.434. The summed E-state index contributed by atoms with van der Waals surface area (Å²) in [6, 6.07) is 8.98. The van der Waals surface area contributed by atoms with E-state index in [2.05, 4.69) is 25.3 Å².